The molecule has 16 heavy (non-hydrogen) atoms. The summed E-state index contributed by atoms with van der Waals surface area (Å²) < 4.78 is 0. The molecule has 0 bridgehead atoms. The Morgan fingerprint density at radius 1 is 1.31 bits per heavy atom. The lowest BCUT2D eigenvalue weighted by molar-refractivity contribution is 1.18. The second-order valence-corrected chi connectivity index (χ2v) is 3.96. The first-order valence-corrected chi connectivity index (χ1v) is 5.48. The van der Waals surface area contributed by atoms with Crippen molar-refractivity contribution in [3.63, 3.8) is 0 Å². The highest BCUT2D eigenvalue weighted by atomic mass is 14.8. The van der Waals surface area contributed by atoms with Crippen LogP contribution in [0, 0.1) is 13.8 Å². The van der Waals surface area contributed by atoms with E-state index >= 15 is 0 Å². The summed E-state index contributed by atoms with van der Waals surface area (Å²) in [6.07, 6.45) is 8.73. The summed E-state index contributed by atoms with van der Waals surface area (Å²) in [7, 11) is 0. The third-order valence-electron chi connectivity index (χ3n) is 2.86. The highest BCUT2D eigenvalue weighted by Crippen LogP contribution is 2.13. The fourth-order valence-corrected chi connectivity index (χ4v) is 1.70. The number of imidazole rings is 1. The molecule has 1 N–H and O–H groups in total. The molecule has 0 spiro atoms. The van der Waals surface area contributed by atoms with Crippen molar-refractivity contribution in [3.05, 3.63) is 59.2 Å². The zero-order chi connectivity index (χ0) is 11.4. The van der Waals surface area contributed by atoms with Crippen molar-refractivity contribution < 1.29 is 0 Å². The third kappa shape index (κ3) is 2.40. The van der Waals surface area contributed by atoms with Crippen LogP contribution in [0.1, 0.15) is 22.4 Å². The molecule has 1 aromatic heterocycles. The van der Waals surface area contributed by atoms with Crippen LogP contribution in [0.2, 0.25) is 0 Å². The standard InChI is InChI=1S/C14H16N2/c1-11-5-3-6-13(12(11)2)7-4-8-14-9-15-10-16-14/h3-6,8-10H,7H2,1-2H3,(H,15,16). The van der Waals surface area contributed by atoms with Gasteiger partial charge in [0.15, 0.2) is 0 Å². The molecule has 0 aliphatic rings. The molecule has 0 amide bonds. The molecule has 0 unspecified atom stereocenters. The number of aromatic nitrogens is 2. The van der Waals surface area contributed by atoms with Crippen LogP contribution < -0.4 is 0 Å². The van der Waals surface area contributed by atoms with Gasteiger partial charge < -0.3 is 4.98 Å². The molecule has 2 aromatic rings. The van der Waals surface area contributed by atoms with Crippen LogP contribution in [0.4, 0.5) is 0 Å². The van der Waals surface area contributed by atoms with Gasteiger partial charge in [0.25, 0.3) is 0 Å². The minimum absolute atomic E-state index is 0.959. The second kappa shape index (κ2) is 4.79. The van der Waals surface area contributed by atoms with E-state index in [0.29, 0.717) is 0 Å². The lowest BCUT2D eigenvalue weighted by atomic mass is 10.0. The molecular formula is C14H16N2. The Hall–Kier alpha value is -1.83. The third-order valence-corrected chi connectivity index (χ3v) is 2.86. The molecule has 82 valence electrons. The van der Waals surface area contributed by atoms with Crippen molar-refractivity contribution in [2.24, 2.45) is 0 Å². The molecule has 0 aliphatic heterocycles. The average molecular weight is 212 g/mol. The van der Waals surface area contributed by atoms with Gasteiger partial charge in [0.05, 0.1) is 12.0 Å². The smallest absolute Gasteiger partial charge is 0.0927 e. The molecule has 1 aromatic carbocycles. The highest BCUT2D eigenvalue weighted by molar-refractivity contribution is 5.44. The largest absolute Gasteiger partial charge is 0.351 e. The molecule has 0 saturated carbocycles. The van der Waals surface area contributed by atoms with E-state index in [9.17, 15) is 0 Å². The zero-order valence-electron chi connectivity index (χ0n) is 9.70. The number of hydrogen-bond acceptors (Lipinski definition) is 1. The van der Waals surface area contributed by atoms with E-state index < -0.39 is 0 Å². The maximum Gasteiger partial charge on any atom is 0.0927 e. The Morgan fingerprint density at radius 3 is 2.94 bits per heavy atom. The molecule has 1 heterocycles. The van der Waals surface area contributed by atoms with E-state index in [1.165, 1.54) is 16.7 Å². The van der Waals surface area contributed by atoms with Gasteiger partial charge in [-0.3, -0.25) is 0 Å². The van der Waals surface area contributed by atoms with E-state index in [4.69, 9.17) is 0 Å². The zero-order valence-corrected chi connectivity index (χ0v) is 9.70. The Labute approximate surface area is 96.1 Å². The molecule has 2 heteroatoms. The number of hydrogen-bond donors (Lipinski definition) is 1. The molecule has 2 rings (SSSR count). The lowest BCUT2D eigenvalue weighted by Gasteiger charge is -2.05. The van der Waals surface area contributed by atoms with Gasteiger partial charge >= 0.3 is 0 Å². The first-order valence-electron chi connectivity index (χ1n) is 5.48. The summed E-state index contributed by atoms with van der Waals surface area (Å²) in [5.41, 5.74) is 5.09. The SMILES string of the molecule is Cc1cccc(CC=Cc2c[nH]cn2)c1C. The van der Waals surface area contributed by atoms with E-state index in [1.54, 1.807) is 6.33 Å². The predicted octanol–water partition coefficient (Wildman–Crippen LogP) is 3.28. The summed E-state index contributed by atoms with van der Waals surface area (Å²) in [4.78, 5) is 7.08. The monoisotopic (exact) mass is 212 g/mol. The molecule has 0 aliphatic carbocycles. The number of nitrogens with one attached hydrogen (secondary N) is 1. The normalized spacial score (nSPS) is 11.1. The van der Waals surface area contributed by atoms with Crippen molar-refractivity contribution >= 4 is 6.08 Å². The fraction of sp³-hybridized carbons (Fsp3) is 0.214. The average Bonchev–Trinajstić information content (AvgIpc) is 2.77. The van der Waals surface area contributed by atoms with Gasteiger partial charge in [-0.05, 0) is 43.0 Å². The van der Waals surface area contributed by atoms with Crippen LogP contribution in [0.5, 0.6) is 0 Å². The Kier molecular flexibility index (Phi) is 3.20. The minimum Gasteiger partial charge on any atom is -0.351 e. The maximum absolute atomic E-state index is 4.15. The van der Waals surface area contributed by atoms with Crippen LogP contribution in [-0.4, -0.2) is 9.97 Å². The van der Waals surface area contributed by atoms with Gasteiger partial charge in [0, 0.05) is 6.20 Å². The molecular weight excluding hydrogens is 196 g/mol. The number of allylic oxidation sites excluding steroid dienone is 1. The summed E-state index contributed by atoms with van der Waals surface area (Å²) in [5, 5.41) is 0. The Balaban J connectivity index is 2.08. The summed E-state index contributed by atoms with van der Waals surface area (Å²) in [5.74, 6) is 0. The summed E-state index contributed by atoms with van der Waals surface area (Å²) in [6.45, 7) is 4.32. The molecule has 0 radical (unpaired) electrons. The predicted molar refractivity (Wildman–Crippen MR) is 67.2 cm³/mol. The van der Waals surface area contributed by atoms with E-state index in [0.717, 1.165) is 12.1 Å². The van der Waals surface area contributed by atoms with Crippen LogP contribution in [0.25, 0.3) is 6.08 Å². The lowest BCUT2D eigenvalue weighted by Crippen LogP contribution is -1.89. The van der Waals surface area contributed by atoms with E-state index in [1.807, 2.05) is 12.3 Å². The number of rotatable bonds is 3. The van der Waals surface area contributed by atoms with Gasteiger partial charge in [0.2, 0.25) is 0 Å². The van der Waals surface area contributed by atoms with Crippen molar-refractivity contribution in [3.8, 4) is 0 Å². The molecule has 0 fully saturated rings. The molecule has 0 saturated heterocycles. The van der Waals surface area contributed by atoms with Gasteiger partial charge in [-0.2, -0.15) is 0 Å². The highest BCUT2D eigenvalue weighted by Gasteiger charge is 1.97. The first-order chi connectivity index (χ1) is 7.77. The summed E-state index contributed by atoms with van der Waals surface area (Å²) >= 11 is 0. The molecule has 0 atom stereocenters. The number of H-pyrrole nitrogens is 1. The van der Waals surface area contributed by atoms with Gasteiger partial charge in [-0.15, -0.1) is 0 Å². The van der Waals surface area contributed by atoms with Crippen molar-refractivity contribution in [2.75, 3.05) is 0 Å². The van der Waals surface area contributed by atoms with Crippen LogP contribution in [0.15, 0.2) is 36.8 Å². The quantitative estimate of drug-likeness (QED) is 0.831. The van der Waals surface area contributed by atoms with Crippen molar-refractivity contribution in [1.82, 2.24) is 9.97 Å². The number of benzene rings is 1. The number of aromatic amines is 1. The van der Waals surface area contributed by atoms with Gasteiger partial charge in [-0.25, -0.2) is 4.98 Å². The van der Waals surface area contributed by atoms with Gasteiger partial charge in [0.1, 0.15) is 0 Å². The van der Waals surface area contributed by atoms with Gasteiger partial charge in [-0.1, -0.05) is 24.3 Å². The second-order valence-electron chi connectivity index (χ2n) is 3.96. The van der Waals surface area contributed by atoms with Crippen molar-refractivity contribution in [2.45, 2.75) is 20.3 Å². The van der Waals surface area contributed by atoms with E-state index in [-0.39, 0.29) is 0 Å². The Morgan fingerprint density at radius 2 is 2.19 bits per heavy atom. The fourth-order valence-electron chi connectivity index (χ4n) is 1.70. The Bertz CT molecular complexity index is 481. The topological polar surface area (TPSA) is 28.7 Å². The minimum atomic E-state index is 0.959. The van der Waals surface area contributed by atoms with Crippen LogP contribution in [-0.2, 0) is 6.42 Å². The first kappa shape index (κ1) is 10.7. The summed E-state index contributed by atoms with van der Waals surface area (Å²) in [6, 6.07) is 6.44. The van der Waals surface area contributed by atoms with E-state index in [2.05, 4.69) is 48.1 Å². The van der Waals surface area contributed by atoms with Crippen LogP contribution in [0.3, 0.4) is 0 Å². The maximum atomic E-state index is 4.15. The van der Waals surface area contributed by atoms with Crippen molar-refractivity contribution in [1.29, 1.82) is 0 Å². The number of nitrogens with zero attached hydrogens (tertiary/aromatic N) is 1. The van der Waals surface area contributed by atoms with Crippen LogP contribution >= 0.6 is 0 Å². The molecule has 2 nitrogen and oxygen atoms in total. The number of aryl methyl sites for hydroxylation is 1.